The lowest BCUT2D eigenvalue weighted by molar-refractivity contribution is 0.0961. The van der Waals surface area contributed by atoms with Crippen LogP contribution in [0.3, 0.4) is 0 Å². The van der Waals surface area contributed by atoms with E-state index in [1.165, 1.54) is 11.8 Å². The molecule has 4 aromatic rings. The van der Waals surface area contributed by atoms with Crippen LogP contribution in [0.5, 0.6) is 0 Å². The van der Waals surface area contributed by atoms with Crippen LogP contribution in [0.2, 0.25) is 0 Å². The predicted octanol–water partition coefficient (Wildman–Crippen LogP) is 3.93. The van der Waals surface area contributed by atoms with E-state index < -0.39 is 0 Å². The number of rotatable bonds is 6. The third-order valence-corrected chi connectivity index (χ3v) is 4.95. The Hall–Kier alpha value is -3.11. The van der Waals surface area contributed by atoms with Gasteiger partial charge in [0.05, 0.1) is 5.69 Å². The smallest absolute Gasteiger partial charge is 0.269 e. The zero-order valence-corrected chi connectivity index (χ0v) is 16.6. The van der Waals surface area contributed by atoms with Crippen LogP contribution in [-0.2, 0) is 0 Å². The molecule has 0 fully saturated rings. The maximum absolute atomic E-state index is 12.2. The van der Waals surface area contributed by atoms with Gasteiger partial charge in [-0.1, -0.05) is 40.2 Å². The molecule has 28 heavy (non-hydrogen) atoms. The van der Waals surface area contributed by atoms with Crippen LogP contribution >= 0.6 is 27.7 Å². The largest absolute Gasteiger partial charge is 0.432 e. The summed E-state index contributed by atoms with van der Waals surface area (Å²) in [6.07, 6.45) is 0. The van der Waals surface area contributed by atoms with E-state index in [2.05, 4.69) is 42.3 Å². The molecule has 2 aromatic heterocycles. The summed E-state index contributed by atoms with van der Waals surface area (Å²) in [4.78, 5) is 12.2. The average Bonchev–Trinajstić information content (AvgIpc) is 3.36. The summed E-state index contributed by atoms with van der Waals surface area (Å²) in [6, 6.07) is 20.1. The lowest BCUT2D eigenvalue weighted by Crippen LogP contribution is -2.29. The van der Waals surface area contributed by atoms with Gasteiger partial charge in [-0.25, -0.2) is 0 Å². The number of benzene rings is 2. The fraction of sp³-hybridized carbons (Fsp3) is 0. The first-order valence-electron chi connectivity index (χ1n) is 8.12. The molecular weight excluding hydrogens is 444 g/mol. The molecule has 1 amide bonds. The minimum Gasteiger partial charge on any atom is -0.432 e. The highest BCUT2D eigenvalue weighted by Gasteiger charge is 2.13. The third-order valence-electron chi connectivity index (χ3n) is 3.60. The lowest BCUT2D eigenvalue weighted by atomic mass is 10.2. The second-order valence-electron chi connectivity index (χ2n) is 5.52. The van der Waals surface area contributed by atoms with E-state index in [0.717, 1.165) is 10.2 Å². The number of tetrazole rings is 1. The van der Waals surface area contributed by atoms with Crippen molar-refractivity contribution in [1.29, 1.82) is 0 Å². The van der Waals surface area contributed by atoms with Gasteiger partial charge in [0.15, 0.2) is 5.09 Å². The summed E-state index contributed by atoms with van der Waals surface area (Å²) in [6.45, 7) is 0. The number of carbonyl (C=O) groups is 1. The fourth-order valence-electron chi connectivity index (χ4n) is 2.33. The van der Waals surface area contributed by atoms with Crippen molar-refractivity contribution in [3.05, 3.63) is 76.8 Å². The van der Waals surface area contributed by atoms with Crippen molar-refractivity contribution in [2.45, 2.75) is 10.2 Å². The first-order chi connectivity index (χ1) is 13.7. The van der Waals surface area contributed by atoms with Gasteiger partial charge < -0.3 is 4.42 Å². The molecule has 0 atom stereocenters. The van der Waals surface area contributed by atoms with Gasteiger partial charge in [0.25, 0.3) is 5.91 Å². The average molecular weight is 457 g/mol. The lowest BCUT2D eigenvalue weighted by Gasteiger charge is -2.06. The molecule has 4 rings (SSSR count). The van der Waals surface area contributed by atoms with Crippen molar-refractivity contribution in [3.63, 3.8) is 0 Å². The van der Waals surface area contributed by atoms with Crippen molar-refractivity contribution in [2.75, 3.05) is 5.43 Å². The molecule has 2 N–H and O–H groups in total. The van der Waals surface area contributed by atoms with Crippen molar-refractivity contribution in [1.82, 2.24) is 25.6 Å². The van der Waals surface area contributed by atoms with Crippen LogP contribution in [0.25, 0.3) is 5.69 Å². The minimum absolute atomic E-state index is 0.278. The number of nitrogens with one attached hydrogen (secondary N) is 2. The number of aromatic nitrogens is 4. The summed E-state index contributed by atoms with van der Waals surface area (Å²) >= 11 is 4.61. The SMILES string of the molecule is O=C(NNc1ccc(Sc2nnnn2-c2ccccc2)o1)c1cccc(Br)c1. The van der Waals surface area contributed by atoms with Crippen molar-refractivity contribution in [2.24, 2.45) is 0 Å². The molecule has 0 unspecified atom stereocenters. The van der Waals surface area contributed by atoms with E-state index in [9.17, 15) is 4.79 Å². The number of halogens is 1. The number of para-hydroxylation sites is 1. The molecule has 140 valence electrons. The third kappa shape index (κ3) is 4.24. The van der Waals surface area contributed by atoms with E-state index in [0.29, 0.717) is 21.7 Å². The van der Waals surface area contributed by atoms with Gasteiger partial charge in [-0.3, -0.25) is 15.6 Å². The molecule has 0 bridgehead atoms. The van der Waals surface area contributed by atoms with E-state index >= 15 is 0 Å². The van der Waals surface area contributed by atoms with E-state index in [4.69, 9.17) is 4.42 Å². The Morgan fingerprint density at radius 3 is 2.75 bits per heavy atom. The minimum atomic E-state index is -0.278. The molecule has 0 radical (unpaired) electrons. The maximum Gasteiger partial charge on any atom is 0.269 e. The zero-order chi connectivity index (χ0) is 19.3. The zero-order valence-electron chi connectivity index (χ0n) is 14.2. The van der Waals surface area contributed by atoms with E-state index in [1.807, 2.05) is 36.4 Å². The number of amides is 1. The highest BCUT2D eigenvalue weighted by atomic mass is 79.9. The molecule has 2 heterocycles. The molecule has 10 heteroatoms. The Morgan fingerprint density at radius 1 is 1.07 bits per heavy atom. The molecular formula is C18H13BrN6O2S. The molecule has 0 aliphatic carbocycles. The fourth-order valence-corrected chi connectivity index (χ4v) is 3.48. The molecule has 0 spiro atoms. The van der Waals surface area contributed by atoms with Crippen molar-refractivity contribution >= 4 is 39.5 Å². The summed E-state index contributed by atoms with van der Waals surface area (Å²) in [5, 5.41) is 12.9. The first kappa shape index (κ1) is 18.3. The van der Waals surface area contributed by atoms with Crippen molar-refractivity contribution in [3.8, 4) is 5.69 Å². The second-order valence-corrected chi connectivity index (χ2v) is 7.41. The second kappa shape index (κ2) is 8.28. The van der Waals surface area contributed by atoms with Crippen molar-refractivity contribution < 1.29 is 9.21 Å². The number of furan rings is 1. The monoisotopic (exact) mass is 456 g/mol. The van der Waals surface area contributed by atoms with Gasteiger partial charge in [-0.05, 0) is 58.6 Å². The Labute approximate surface area is 172 Å². The van der Waals surface area contributed by atoms with Gasteiger partial charge in [0.1, 0.15) is 0 Å². The highest BCUT2D eigenvalue weighted by molar-refractivity contribution is 9.10. The van der Waals surface area contributed by atoms with Gasteiger partial charge in [-0.15, -0.1) is 5.10 Å². The highest BCUT2D eigenvalue weighted by Crippen LogP contribution is 2.30. The first-order valence-corrected chi connectivity index (χ1v) is 9.73. The standard InChI is InChI=1S/C18H13BrN6O2S/c19-13-6-4-5-12(11-13)17(26)21-20-15-9-10-16(27-15)28-18-22-23-24-25(18)14-7-2-1-3-8-14/h1-11,20H,(H,21,26). The maximum atomic E-state index is 12.2. The number of carbonyl (C=O) groups excluding carboxylic acids is 1. The van der Waals surface area contributed by atoms with Crippen LogP contribution in [0.4, 0.5) is 5.88 Å². The number of hydrogen-bond acceptors (Lipinski definition) is 7. The molecule has 0 saturated heterocycles. The van der Waals surface area contributed by atoms with Crippen LogP contribution in [0.15, 0.2) is 85.9 Å². The summed E-state index contributed by atoms with van der Waals surface area (Å²) < 4.78 is 8.12. The molecule has 0 aliphatic heterocycles. The normalized spacial score (nSPS) is 10.6. The molecule has 0 aliphatic rings. The number of anilines is 1. The Balaban J connectivity index is 1.40. The van der Waals surface area contributed by atoms with Gasteiger partial charge >= 0.3 is 0 Å². The Bertz CT molecular complexity index is 1100. The Morgan fingerprint density at radius 2 is 1.93 bits per heavy atom. The van der Waals surface area contributed by atoms with E-state index in [-0.39, 0.29) is 5.91 Å². The quantitative estimate of drug-likeness (QED) is 0.424. The molecule has 2 aromatic carbocycles. The van der Waals surface area contributed by atoms with Gasteiger partial charge in [0, 0.05) is 16.1 Å². The Kier molecular flexibility index (Phi) is 5.40. The number of nitrogens with zero attached hydrogens (tertiary/aromatic N) is 4. The molecule has 8 nitrogen and oxygen atoms in total. The van der Waals surface area contributed by atoms with Crippen LogP contribution < -0.4 is 10.9 Å². The molecule has 0 saturated carbocycles. The summed E-state index contributed by atoms with van der Waals surface area (Å²) in [5.74, 6) is 0.115. The number of hydrogen-bond donors (Lipinski definition) is 2. The van der Waals surface area contributed by atoms with Crippen LogP contribution in [0, 0.1) is 0 Å². The summed E-state index contributed by atoms with van der Waals surface area (Å²) in [7, 11) is 0. The summed E-state index contributed by atoms with van der Waals surface area (Å²) in [5.41, 5.74) is 6.72. The van der Waals surface area contributed by atoms with Crippen LogP contribution in [-0.4, -0.2) is 26.1 Å². The van der Waals surface area contributed by atoms with Gasteiger partial charge in [-0.2, -0.15) is 4.68 Å². The number of hydrazine groups is 1. The topological polar surface area (TPSA) is 97.9 Å². The predicted molar refractivity (Wildman–Crippen MR) is 107 cm³/mol. The van der Waals surface area contributed by atoms with E-state index in [1.54, 1.807) is 35.0 Å². The van der Waals surface area contributed by atoms with Gasteiger partial charge in [0.2, 0.25) is 11.0 Å². The van der Waals surface area contributed by atoms with Crippen LogP contribution in [0.1, 0.15) is 10.4 Å².